The van der Waals surface area contributed by atoms with Gasteiger partial charge in [0.15, 0.2) is 0 Å². The number of pyridine rings is 1. The van der Waals surface area contributed by atoms with Crippen molar-refractivity contribution in [1.82, 2.24) is 10.3 Å². The summed E-state index contributed by atoms with van der Waals surface area (Å²) in [5.41, 5.74) is 1.51. The third-order valence-electron chi connectivity index (χ3n) is 3.33. The number of halogens is 2. The molecule has 4 nitrogen and oxygen atoms in total. The number of carbonyl (C=O) groups is 2. The predicted octanol–water partition coefficient (Wildman–Crippen LogP) is 4.27. The zero-order valence-electron chi connectivity index (χ0n) is 14.4. The minimum atomic E-state index is -0.349. The van der Waals surface area contributed by atoms with E-state index >= 15 is 0 Å². The van der Waals surface area contributed by atoms with Crippen molar-refractivity contribution in [3.63, 3.8) is 0 Å². The van der Waals surface area contributed by atoms with E-state index in [1.165, 1.54) is 0 Å². The molecule has 1 aromatic carbocycles. The highest BCUT2D eigenvalue weighted by atomic mass is 35.5. The molecule has 0 radical (unpaired) electrons. The lowest BCUT2D eigenvalue weighted by Gasteiger charge is -2.20. The van der Waals surface area contributed by atoms with Crippen LogP contribution in [0, 0.1) is 0 Å². The monoisotopic (exact) mass is 378 g/mol. The molecule has 0 aliphatic heterocycles. The smallest absolute Gasteiger partial charge is 0.270 e. The van der Waals surface area contributed by atoms with Crippen LogP contribution in [0.1, 0.15) is 42.4 Å². The van der Waals surface area contributed by atoms with E-state index in [-0.39, 0.29) is 30.1 Å². The fourth-order valence-corrected chi connectivity index (χ4v) is 2.60. The van der Waals surface area contributed by atoms with Crippen LogP contribution in [0.25, 0.3) is 0 Å². The highest BCUT2D eigenvalue weighted by molar-refractivity contribution is 6.42. The topological polar surface area (TPSA) is 59.1 Å². The van der Waals surface area contributed by atoms with E-state index < -0.39 is 0 Å². The lowest BCUT2D eigenvalue weighted by atomic mass is 10.0. The molecule has 0 spiro atoms. The second-order valence-corrected chi connectivity index (χ2v) is 7.71. The Hall–Kier alpha value is -1.91. The summed E-state index contributed by atoms with van der Waals surface area (Å²) in [5.74, 6) is -0.238. The molecule has 0 saturated heterocycles. The van der Waals surface area contributed by atoms with Crippen molar-refractivity contribution in [2.45, 2.75) is 39.2 Å². The molecule has 1 N–H and O–H groups in total. The molecule has 6 heteroatoms. The molecule has 0 unspecified atom stereocenters. The summed E-state index contributed by atoms with van der Waals surface area (Å²) in [6.07, 6.45) is 2.01. The first-order valence-electron chi connectivity index (χ1n) is 7.87. The third kappa shape index (κ3) is 6.15. The van der Waals surface area contributed by atoms with Crippen LogP contribution in [-0.4, -0.2) is 22.2 Å². The molecular weight excluding hydrogens is 359 g/mol. The van der Waals surface area contributed by atoms with Crippen LogP contribution in [-0.2, 0) is 17.6 Å². The van der Waals surface area contributed by atoms with Gasteiger partial charge in [0, 0.05) is 24.6 Å². The van der Waals surface area contributed by atoms with Crippen molar-refractivity contribution >= 4 is 34.9 Å². The Morgan fingerprint density at radius 3 is 2.24 bits per heavy atom. The number of hydrogen-bond donors (Lipinski definition) is 1. The molecule has 1 amide bonds. The summed E-state index contributed by atoms with van der Waals surface area (Å²) in [4.78, 5) is 28.5. The number of benzene rings is 1. The van der Waals surface area contributed by atoms with Gasteiger partial charge >= 0.3 is 0 Å². The molecule has 132 valence electrons. The van der Waals surface area contributed by atoms with Crippen molar-refractivity contribution in [2.75, 3.05) is 0 Å². The van der Waals surface area contributed by atoms with Gasteiger partial charge in [0.25, 0.3) is 5.91 Å². The summed E-state index contributed by atoms with van der Waals surface area (Å²) in [6, 6.07) is 8.53. The molecule has 2 aromatic rings. The number of nitrogens with zero attached hydrogens (tertiary/aromatic N) is 1. The van der Waals surface area contributed by atoms with Gasteiger partial charge in [-0.25, -0.2) is 0 Å². The summed E-state index contributed by atoms with van der Waals surface area (Å²) in [6.45, 7) is 5.70. The van der Waals surface area contributed by atoms with Gasteiger partial charge in [-0.15, -0.1) is 0 Å². The minimum Gasteiger partial charge on any atom is -0.346 e. The van der Waals surface area contributed by atoms with Crippen LogP contribution in [0.4, 0.5) is 0 Å². The maximum atomic E-state index is 12.3. The quantitative estimate of drug-likeness (QED) is 0.844. The average Bonchev–Trinajstić information content (AvgIpc) is 2.49. The molecular formula is C19H20Cl2N2O2. The van der Waals surface area contributed by atoms with Gasteiger partial charge in [-0.3, -0.25) is 14.6 Å². The van der Waals surface area contributed by atoms with Crippen LogP contribution >= 0.6 is 23.2 Å². The standard InChI is InChI=1S/C19H20Cl2N2O2/c1-19(2,3)23-18(25)17-11-13(6-7-22-17)9-14(24)8-12-4-5-15(20)16(21)10-12/h4-7,10-11H,8-9H2,1-3H3,(H,23,25). The number of aromatic nitrogens is 1. The van der Waals surface area contributed by atoms with Gasteiger partial charge in [0.1, 0.15) is 11.5 Å². The lowest BCUT2D eigenvalue weighted by Crippen LogP contribution is -2.40. The van der Waals surface area contributed by atoms with Crippen molar-refractivity contribution in [3.05, 3.63) is 63.4 Å². The van der Waals surface area contributed by atoms with Crippen molar-refractivity contribution in [1.29, 1.82) is 0 Å². The molecule has 0 bridgehead atoms. The Morgan fingerprint density at radius 2 is 1.64 bits per heavy atom. The van der Waals surface area contributed by atoms with Crippen molar-refractivity contribution < 1.29 is 9.59 Å². The van der Waals surface area contributed by atoms with Gasteiger partial charge < -0.3 is 5.32 Å². The second-order valence-electron chi connectivity index (χ2n) is 6.89. The first-order valence-corrected chi connectivity index (χ1v) is 8.63. The number of amides is 1. The van der Waals surface area contributed by atoms with Crippen LogP contribution < -0.4 is 5.32 Å². The van der Waals surface area contributed by atoms with E-state index in [0.717, 1.165) is 11.1 Å². The van der Waals surface area contributed by atoms with Gasteiger partial charge in [0.2, 0.25) is 0 Å². The van der Waals surface area contributed by atoms with Crippen LogP contribution in [0.2, 0.25) is 10.0 Å². The molecule has 1 heterocycles. The van der Waals surface area contributed by atoms with Gasteiger partial charge in [0.05, 0.1) is 10.0 Å². The third-order valence-corrected chi connectivity index (χ3v) is 4.07. The Morgan fingerprint density at radius 1 is 1.00 bits per heavy atom. The molecule has 25 heavy (non-hydrogen) atoms. The number of Topliss-reactive ketones (excluding diaryl/α,β-unsaturated/α-hetero) is 1. The number of nitrogens with one attached hydrogen (secondary N) is 1. The number of ketones is 1. The zero-order valence-corrected chi connectivity index (χ0v) is 15.9. The van der Waals surface area contributed by atoms with Crippen molar-refractivity contribution in [2.24, 2.45) is 0 Å². The van der Waals surface area contributed by atoms with Crippen LogP contribution in [0.5, 0.6) is 0 Å². The molecule has 2 rings (SSSR count). The predicted molar refractivity (Wildman–Crippen MR) is 100 cm³/mol. The van der Waals surface area contributed by atoms with Gasteiger partial charge in [-0.05, 0) is 56.2 Å². The van der Waals surface area contributed by atoms with E-state index in [4.69, 9.17) is 23.2 Å². The van der Waals surface area contributed by atoms with E-state index in [1.54, 1.807) is 36.5 Å². The van der Waals surface area contributed by atoms with Crippen LogP contribution in [0.15, 0.2) is 36.5 Å². The van der Waals surface area contributed by atoms with Gasteiger partial charge in [-0.2, -0.15) is 0 Å². The Kier molecular flexibility index (Phi) is 6.20. The Bertz CT molecular complexity index is 798. The fourth-order valence-electron chi connectivity index (χ4n) is 2.28. The van der Waals surface area contributed by atoms with E-state index in [1.807, 2.05) is 20.8 Å². The van der Waals surface area contributed by atoms with E-state index in [9.17, 15) is 9.59 Å². The average molecular weight is 379 g/mol. The van der Waals surface area contributed by atoms with Gasteiger partial charge in [-0.1, -0.05) is 29.3 Å². The SMILES string of the molecule is CC(C)(C)NC(=O)c1cc(CC(=O)Cc2ccc(Cl)c(Cl)c2)ccn1. The molecule has 0 saturated carbocycles. The first kappa shape index (κ1) is 19.4. The van der Waals surface area contributed by atoms with E-state index in [0.29, 0.717) is 15.7 Å². The number of rotatable bonds is 5. The van der Waals surface area contributed by atoms with E-state index in [2.05, 4.69) is 10.3 Å². The Balaban J connectivity index is 2.04. The molecule has 0 aliphatic rings. The largest absolute Gasteiger partial charge is 0.346 e. The summed E-state index contributed by atoms with van der Waals surface area (Å²) >= 11 is 11.8. The molecule has 0 aliphatic carbocycles. The highest BCUT2D eigenvalue weighted by Crippen LogP contribution is 2.23. The highest BCUT2D eigenvalue weighted by Gasteiger charge is 2.17. The maximum absolute atomic E-state index is 12.3. The summed E-state index contributed by atoms with van der Waals surface area (Å²) in [7, 11) is 0. The lowest BCUT2D eigenvalue weighted by molar-refractivity contribution is -0.117. The fraction of sp³-hybridized carbons (Fsp3) is 0.316. The molecule has 0 atom stereocenters. The second kappa shape index (κ2) is 7.98. The molecule has 1 aromatic heterocycles. The maximum Gasteiger partial charge on any atom is 0.270 e. The zero-order chi connectivity index (χ0) is 18.6. The molecule has 0 fully saturated rings. The summed E-state index contributed by atoms with van der Waals surface area (Å²) in [5, 5.41) is 3.74. The normalized spacial score (nSPS) is 11.2. The van der Waals surface area contributed by atoms with Crippen molar-refractivity contribution in [3.8, 4) is 0 Å². The minimum absolute atomic E-state index is 0.0202. The first-order chi connectivity index (χ1) is 11.6. The summed E-state index contributed by atoms with van der Waals surface area (Å²) < 4.78 is 0. The number of hydrogen-bond acceptors (Lipinski definition) is 3. The number of carbonyl (C=O) groups excluding carboxylic acids is 2. The van der Waals surface area contributed by atoms with Crippen LogP contribution in [0.3, 0.4) is 0 Å². The Labute approximate surface area is 157 Å².